The van der Waals surface area contributed by atoms with Gasteiger partial charge in [0.15, 0.2) is 11.4 Å². The van der Waals surface area contributed by atoms with Crippen molar-refractivity contribution in [3.63, 3.8) is 0 Å². The van der Waals surface area contributed by atoms with Crippen molar-refractivity contribution in [1.29, 1.82) is 0 Å². The quantitative estimate of drug-likeness (QED) is 0.339. The van der Waals surface area contributed by atoms with Crippen LogP contribution in [0.1, 0.15) is 36.0 Å². The molecule has 1 amide bonds. The van der Waals surface area contributed by atoms with Gasteiger partial charge in [0.2, 0.25) is 5.78 Å². The minimum absolute atomic E-state index is 0.0425. The lowest BCUT2D eigenvalue weighted by atomic mass is 9.57. The standard InChI is InChI=1S/C33H35N3O7/c1-35(2)27-22-15-18-14-21-20(17-8-6-16(7-9-17)13-19-5-4-12-36(19)3)10-11-23(37)25(21)28(38)24(18)30(40)33(22,43)31(41)26(29(27)39)32(34)42/h6-11,13,18,22,27,37-38,41,43H,4-5,12,14-15H2,1-3H3,(H2,34,42)/t18-,22-,27+,33-/m0/s1. The second kappa shape index (κ2) is 10.1. The van der Waals surface area contributed by atoms with E-state index >= 15 is 0 Å². The van der Waals surface area contributed by atoms with Gasteiger partial charge < -0.3 is 31.1 Å². The molecule has 224 valence electrons. The molecular weight excluding hydrogens is 550 g/mol. The zero-order valence-electron chi connectivity index (χ0n) is 24.3. The van der Waals surface area contributed by atoms with Gasteiger partial charge in [0, 0.05) is 30.8 Å². The molecular formula is C33H35N3O7. The molecule has 1 saturated carbocycles. The number of phenolic OH excluding ortho intramolecular Hbond substituents is 1. The van der Waals surface area contributed by atoms with Gasteiger partial charge in [0.1, 0.15) is 22.8 Å². The lowest BCUT2D eigenvalue weighted by molar-refractivity contribution is -0.153. The summed E-state index contributed by atoms with van der Waals surface area (Å²) in [7, 11) is 5.24. The SMILES string of the molecule is CN1CCCC1=Cc1ccc(-c2ccc(O)c3c2C[C@H]2C[C@H]4[C@@H](N(C)C)C(=O)C(C(N)=O)=C(O)[C@@]4(O)C(=O)C2=C3O)cc1. The number of allylic oxidation sites excluding steroid dienone is 1. The number of fused-ring (bicyclic) bond motifs is 3. The minimum atomic E-state index is -2.66. The highest BCUT2D eigenvalue weighted by Gasteiger charge is 2.64. The van der Waals surface area contributed by atoms with E-state index in [4.69, 9.17) is 5.73 Å². The van der Waals surface area contributed by atoms with Gasteiger partial charge in [0.05, 0.1) is 11.6 Å². The zero-order valence-corrected chi connectivity index (χ0v) is 24.3. The van der Waals surface area contributed by atoms with Crippen LogP contribution in [0.2, 0.25) is 0 Å². The van der Waals surface area contributed by atoms with Gasteiger partial charge in [-0.05, 0) is 80.1 Å². The van der Waals surface area contributed by atoms with E-state index in [9.17, 15) is 34.8 Å². The Labute approximate surface area is 249 Å². The van der Waals surface area contributed by atoms with E-state index in [0.717, 1.165) is 36.1 Å². The van der Waals surface area contributed by atoms with Crippen molar-refractivity contribution in [3.05, 3.63) is 75.7 Å². The van der Waals surface area contributed by atoms with Crippen molar-refractivity contribution >= 4 is 29.3 Å². The zero-order chi connectivity index (χ0) is 31.0. The average Bonchev–Trinajstić information content (AvgIpc) is 3.35. The number of rotatable bonds is 4. The van der Waals surface area contributed by atoms with E-state index in [1.807, 2.05) is 24.3 Å². The molecule has 1 heterocycles. The lowest BCUT2D eigenvalue weighted by Crippen LogP contribution is -2.65. The van der Waals surface area contributed by atoms with Crippen molar-refractivity contribution in [2.75, 3.05) is 27.7 Å². The Morgan fingerprint density at radius 3 is 2.40 bits per heavy atom. The Morgan fingerprint density at radius 1 is 1.09 bits per heavy atom. The maximum atomic E-state index is 14.0. The fourth-order valence-corrected chi connectivity index (χ4v) is 7.48. The smallest absolute Gasteiger partial charge is 0.255 e. The van der Waals surface area contributed by atoms with Crippen LogP contribution < -0.4 is 5.73 Å². The number of amides is 1. The number of aliphatic hydroxyl groups excluding tert-OH is 2. The van der Waals surface area contributed by atoms with Crippen LogP contribution in [-0.2, 0) is 20.8 Å². The number of likely N-dealkylation sites (tertiary alicyclic amines) is 1. The Kier molecular flexibility index (Phi) is 6.74. The molecule has 2 fully saturated rings. The maximum absolute atomic E-state index is 14.0. The molecule has 4 atom stereocenters. The summed E-state index contributed by atoms with van der Waals surface area (Å²) in [5.41, 5.74) is 6.41. The Balaban J connectivity index is 1.46. The fourth-order valence-electron chi connectivity index (χ4n) is 7.48. The third kappa shape index (κ3) is 4.19. The molecule has 0 radical (unpaired) electrons. The van der Waals surface area contributed by atoms with Gasteiger partial charge in [-0.3, -0.25) is 19.3 Å². The monoisotopic (exact) mass is 585 g/mol. The van der Waals surface area contributed by atoms with E-state index in [-0.39, 0.29) is 29.7 Å². The Bertz CT molecular complexity index is 1670. The number of hydrogen-bond acceptors (Lipinski definition) is 9. The second-order valence-corrected chi connectivity index (χ2v) is 12.2. The summed E-state index contributed by atoms with van der Waals surface area (Å²) in [6.45, 7) is 1.04. The molecule has 6 rings (SSSR count). The van der Waals surface area contributed by atoms with Gasteiger partial charge in [-0.25, -0.2) is 0 Å². The molecule has 0 unspecified atom stereocenters. The highest BCUT2D eigenvalue weighted by atomic mass is 16.3. The number of ketones is 2. The highest BCUT2D eigenvalue weighted by Crippen LogP contribution is 2.53. The number of carbonyl (C=O) groups is 3. The first-order valence-electron chi connectivity index (χ1n) is 14.4. The van der Waals surface area contributed by atoms with Crippen LogP contribution in [0.25, 0.3) is 23.0 Å². The summed E-state index contributed by atoms with van der Waals surface area (Å²) in [6, 6.07) is 10.1. The number of carbonyl (C=O) groups excluding carboxylic acids is 3. The second-order valence-electron chi connectivity index (χ2n) is 12.2. The van der Waals surface area contributed by atoms with E-state index in [2.05, 4.69) is 18.0 Å². The van der Waals surface area contributed by atoms with Crippen LogP contribution in [0.5, 0.6) is 5.75 Å². The topological polar surface area (TPSA) is 165 Å². The summed E-state index contributed by atoms with van der Waals surface area (Å²) in [4.78, 5) is 43.2. The summed E-state index contributed by atoms with van der Waals surface area (Å²) < 4.78 is 0. The summed E-state index contributed by atoms with van der Waals surface area (Å²) in [5.74, 6) is -6.64. The van der Waals surface area contributed by atoms with Crippen LogP contribution in [-0.4, -0.2) is 87.0 Å². The van der Waals surface area contributed by atoms with E-state index < -0.39 is 58.0 Å². The van der Waals surface area contributed by atoms with Crippen molar-refractivity contribution < 1.29 is 34.8 Å². The highest BCUT2D eigenvalue weighted by molar-refractivity contribution is 6.24. The van der Waals surface area contributed by atoms with E-state index in [1.165, 1.54) is 16.7 Å². The van der Waals surface area contributed by atoms with Gasteiger partial charge >= 0.3 is 0 Å². The molecule has 1 aliphatic heterocycles. The molecule has 0 bridgehead atoms. The third-order valence-corrected chi connectivity index (χ3v) is 9.58. The molecule has 1 saturated heterocycles. The molecule has 6 N–H and O–H groups in total. The summed E-state index contributed by atoms with van der Waals surface area (Å²) in [6.07, 6.45) is 4.60. The van der Waals surface area contributed by atoms with Gasteiger partial charge in [-0.2, -0.15) is 0 Å². The predicted octanol–water partition coefficient (Wildman–Crippen LogP) is 2.70. The van der Waals surface area contributed by atoms with Crippen LogP contribution >= 0.6 is 0 Å². The van der Waals surface area contributed by atoms with Crippen LogP contribution in [0.3, 0.4) is 0 Å². The van der Waals surface area contributed by atoms with Gasteiger partial charge in [0.25, 0.3) is 5.91 Å². The summed E-state index contributed by atoms with van der Waals surface area (Å²) in [5, 5.41) is 45.1. The molecule has 10 heteroatoms. The molecule has 3 aliphatic carbocycles. The number of primary amides is 1. The fraction of sp³-hybridized carbons (Fsp3) is 0.364. The molecule has 43 heavy (non-hydrogen) atoms. The number of likely N-dealkylation sites (N-methyl/N-ethyl adjacent to an activating group) is 1. The lowest BCUT2D eigenvalue weighted by Gasteiger charge is -2.50. The first kappa shape index (κ1) is 28.7. The number of hydrogen-bond donors (Lipinski definition) is 5. The van der Waals surface area contributed by atoms with E-state index in [0.29, 0.717) is 5.56 Å². The van der Waals surface area contributed by atoms with Crippen molar-refractivity contribution in [3.8, 4) is 16.9 Å². The predicted molar refractivity (Wildman–Crippen MR) is 160 cm³/mol. The van der Waals surface area contributed by atoms with Crippen molar-refractivity contribution in [1.82, 2.24) is 9.80 Å². The molecule has 10 nitrogen and oxygen atoms in total. The summed E-state index contributed by atoms with van der Waals surface area (Å²) >= 11 is 0. The van der Waals surface area contributed by atoms with Crippen LogP contribution in [0, 0.1) is 11.8 Å². The largest absolute Gasteiger partial charge is 0.508 e. The number of aromatic hydroxyl groups is 1. The third-order valence-electron chi connectivity index (χ3n) is 9.58. The molecule has 4 aliphatic rings. The van der Waals surface area contributed by atoms with Gasteiger partial charge in [-0.1, -0.05) is 30.3 Å². The minimum Gasteiger partial charge on any atom is -0.508 e. The number of aliphatic hydroxyl groups is 3. The maximum Gasteiger partial charge on any atom is 0.255 e. The normalized spacial score (nSPS) is 28.0. The van der Waals surface area contributed by atoms with Crippen LogP contribution in [0.4, 0.5) is 0 Å². The number of phenols is 1. The number of nitrogens with zero attached hydrogens (tertiary/aromatic N) is 2. The number of Topliss-reactive ketones (excluding diaryl/α,β-unsaturated/α-hetero) is 2. The van der Waals surface area contributed by atoms with Gasteiger partial charge in [-0.15, -0.1) is 0 Å². The number of benzene rings is 2. The van der Waals surface area contributed by atoms with Crippen molar-refractivity contribution in [2.45, 2.75) is 37.3 Å². The number of nitrogens with two attached hydrogens (primary N) is 1. The average molecular weight is 586 g/mol. The first-order chi connectivity index (χ1) is 20.4. The van der Waals surface area contributed by atoms with Crippen LogP contribution in [0.15, 0.2) is 59.0 Å². The first-order valence-corrected chi connectivity index (χ1v) is 14.4. The molecule has 2 aromatic rings. The van der Waals surface area contributed by atoms with Crippen molar-refractivity contribution in [2.24, 2.45) is 17.6 Å². The Hall–Kier alpha value is -4.41. The molecule has 0 spiro atoms. The molecule has 2 aromatic carbocycles. The Morgan fingerprint density at radius 2 is 1.79 bits per heavy atom. The van der Waals surface area contributed by atoms with E-state index in [1.54, 1.807) is 20.2 Å². The molecule has 0 aromatic heterocycles.